The minimum atomic E-state index is -0.402. The smallest absolute Gasteiger partial charge is 0.300 e. The number of nitrogen functional groups attached to an aromatic ring is 1. The van der Waals surface area contributed by atoms with Crippen LogP contribution in [0.15, 0.2) is 16.5 Å². The third kappa shape index (κ3) is 3.49. The third-order valence-corrected chi connectivity index (χ3v) is 3.68. The summed E-state index contributed by atoms with van der Waals surface area (Å²) in [5, 5.41) is 0. The quantitative estimate of drug-likeness (QED) is 0.471. The second-order valence-electron chi connectivity index (χ2n) is 3.89. The second kappa shape index (κ2) is 6.09. The molecule has 94 valence electrons. The Labute approximate surface area is 104 Å². The van der Waals surface area contributed by atoms with E-state index < -0.39 is 5.91 Å². The van der Waals surface area contributed by atoms with Crippen LogP contribution < -0.4 is 11.3 Å². The molecule has 1 fully saturated rings. The van der Waals surface area contributed by atoms with E-state index >= 15 is 0 Å². The lowest BCUT2D eigenvalue weighted by atomic mass is 10.3. The van der Waals surface area contributed by atoms with Gasteiger partial charge in [0.1, 0.15) is 5.76 Å². The number of amides is 1. The fourth-order valence-electron chi connectivity index (χ4n) is 1.72. The van der Waals surface area contributed by atoms with Gasteiger partial charge in [0.2, 0.25) is 0 Å². The van der Waals surface area contributed by atoms with Gasteiger partial charge in [0.15, 0.2) is 5.76 Å². The largest absolute Gasteiger partial charge is 0.455 e. The number of thioether (sulfide) groups is 1. The van der Waals surface area contributed by atoms with E-state index in [0.717, 1.165) is 36.7 Å². The maximum atomic E-state index is 11.2. The lowest BCUT2D eigenvalue weighted by Gasteiger charge is -2.07. The Morgan fingerprint density at radius 1 is 1.59 bits per heavy atom. The Morgan fingerprint density at radius 2 is 2.47 bits per heavy atom. The monoisotopic (exact) mass is 256 g/mol. The first kappa shape index (κ1) is 12.5. The predicted octanol–water partition coefficient (Wildman–Crippen LogP) is 1.30. The number of rotatable bonds is 5. The maximum Gasteiger partial charge on any atom is 0.300 e. The van der Waals surface area contributed by atoms with E-state index in [1.54, 1.807) is 23.9 Å². The molecule has 1 aliphatic rings. The molecule has 6 heteroatoms. The summed E-state index contributed by atoms with van der Waals surface area (Å²) in [6.45, 7) is 0.882. The van der Waals surface area contributed by atoms with Crippen LogP contribution >= 0.6 is 11.8 Å². The molecule has 1 aromatic heterocycles. The molecule has 1 amide bonds. The number of hydrazine groups is 1. The van der Waals surface area contributed by atoms with Gasteiger partial charge in [-0.25, -0.2) is 5.84 Å². The van der Waals surface area contributed by atoms with Crippen LogP contribution in [0.25, 0.3) is 0 Å². The molecule has 0 aromatic carbocycles. The average Bonchev–Trinajstić information content (AvgIpc) is 2.99. The van der Waals surface area contributed by atoms with Crippen molar-refractivity contribution in [1.29, 1.82) is 0 Å². The molecular weight excluding hydrogens is 240 g/mol. The standard InChI is InChI=1S/C11H16N2O3S/c12-13-11(14)10-4-3-9(16-10)7-17-6-8-2-1-5-15-8/h3-4,8H,1-2,5-7,12H2,(H,13,14). The van der Waals surface area contributed by atoms with Crippen molar-refractivity contribution < 1.29 is 13.9 Å². The summed E-state index contributed by atoms with van der Waals surface area (Å²) < 4.78 is 10.9. The van der Waals surface area contributed by atoms with Gasteiger partial charge in [0, 0.05) is 12.4 Å². The Hall–Kier alpha value is -0.980. The first-order chi connectivity index (χ1) is 8.29. The van der Waals surface area contributed by atoms with Gasteiger partial charge in [0.05, 0.1) is 11.9 Å². The predicted molar refractivity (Wildman–Crippen MR) is 65.5 cm³/mol. The number of ether oxygens (including phenoxy) is 1. The van der Waals surface area contributed by atoms with E-state index in [2.05, 4.69) is 0 Å². The van der Waals surface area contributed by atoms with E-state index in [-0.39, 0.29) is 5.76 Å². The zero-order valence-electron chi connectivity index (χ0n) is 9.48. The SMILES string of the molecule is NNC(=O)c1ccc(CSCC2CCCO2)o1. The molecule has 1 saturated heterocycles. The van der Waals surface area contributed by atoms with Crippen molar-refractivity contribution in [2.75, 3.05) is 12.4 Å². The van der Waals surface area contributed by atoms with Crippen molar-refractivity contribution in [3.8, 4) is 0 Å². The molecule has 1 aromatic rings. The number of nitrogens with two attached hydrogens (primary N) is 1. The van der Waals surface area contributed by atoms with E-state index in [0.29, 0.717) is 6.10 Å². The number of nitrogens with one attached hydrogen (secondary N) is 1. The van der Waals surface area contributed by atoms with E-state index in [4.69, 9.17) is 15.0 Å². The van der Waals surface area contributed by atoms with Crippen LogP contribution in [0.1, 0.15) is 29.2 Å². The molecule has 0 saturated carbocycles. The molecular formula is C11H16N2O3S. The minimum Gasteiger partial charge on any atom is -0.455 e. The summed E-state index contributed by atoms with van der Waals surface area (Å²) >= 11 is 1.75. The molecule has 3 N–H and O–H groups in total. The third-order valence-electron chi connectivity index (χ3n) is 2.59. The van der Waals surface area contributed by atoms with Crippen LogP contribution in [0.4, 0.5) is 0 Å². The highest BCUT2D eigenvalue weighted by molar-refractivity contribution is 7.98. The van der Waals surface area contributed by atoms with Crippen molar-refractivity contribution in [3.05, 3.63) is 23.7 Å². The van der Waals surface area contributed by atoms with Crippen LogP contribution in [0.5, 0.6) is 0 Å². The van der Waals surface area contributed by atoms with Crippen molar-refractivity contribution >= 4 is 17.7 Å². The number of carbonyl (C=O) groups is 1. The number of hydrogen-bond acceptors (Lipinski definition) is 5. The van der Waals surface area contributed by atoms with Gasteiger partial charge >= 0.3 is 5.91 Å². The molecule has 2 rings (SSSR count). The number of carbonyl (C=O) groups excluding carboxylic acids is 1. The summed E-state index contributed by atoms with van der Waals surface area (Å²) in [6, 6.07) is 3.43. The van der Waals surface area contributed by atoms with Crippen LogP contribution in [0, 0.1) is 0 Å². The number of hydrogen-bond donors (Lipinski definition) is 2. The highest BCUT2D eigenvalue weighted by atomic mass is 32.2. The molecule has 0 radical (unpaired) electrons. The first-order valence-electron chi connectivity index (χ1n) is 5.58. The fraction of sp³-hybridized carbons (Fsp3) is 0.545. The van der Waals surface area contributed by atoms with Gasteiger partial charge in [-0.1, -0.05) is 0 Å². The van der Waals surface area contributed by atoms with Crippen LogP contribution in [0.3, 0.4) is 0 Å². The van der Waals surface area contributed by atoms with Crippen LogP contribution in [-0.2, 0) is 10.5 Å². The molecule has 2 heterocycles. The molecule has 0 spiro atoms. The lowest BCUT2D eigenvalue weighted by molar-refractivity contribution is 0.0924. The highest BCUT2D eigenvalue weighted by Crippen LogP contribution is 2.21. The van der Waals surface area contributed by atoms with Crippen molar-refractivity contribution in [1.82, 2.24) is 5.43 Å². The normalized spacial score (nSPS) is 19.5. The fourth-order valence-corrected chi connectivity index (χ4v) is 2.72. The Morgan fingerprint density at radius 3 is 3.18 bits per heavy atom. The average molecular weight is 256 g/mol. The van der Waals surface area contributed by atoms with Gasteiger partial charge in [0.25, 0.3) is 0 Å². The van der Waals surface area contributed by atoms with Crippen molar-refractivity contribution in [3.63, 3.8) is 0 Å². The molecule has 0 bridgehead atoms. The first-order valence-corrected chi connectivity index (χ1v) is 6.74. The van der Waals surface area contributed by atoms with E-state index in [1.165, 1.54) is 0 Å². The Balaban J connectivity index is 1.74. The topological polar surface area (TPSA) is 77.5 Å². The molecule has 5 nitrogen and oxygen atoms in total. The summed E-state index contributed by atoms with van der Waals surface area (Å²) in [5.74, 6) is 7.37. The van der Waals surface area contributed by atoms with Crippen molar-refractivity contribution in [2.45, 2.75) is 24.7 Å². The summed E-state index contributed by atoms with van der Waals surface area (Å²) in [5.41, 5.74) is 2.04. The maximum absolute atomic E-state index is 11.2. The van der Waals surface area contributed by atoms with Gasteiger partial charge in [-0.15, -0.1) is 0 Å². The summed E-state index contributed by atoms with van der Waals surface area (Å²) in [6.07, 6.45) is 2.68. The minimum absolute atomic E-state index is 0.250. The second-order valence-corrected chi connectivity index (χ2v) is 4.92. The summed E-state index contributed by atoms with van der Waals surface area (Å²) in [4.78, 5) is 11.2. The van der Waals surface area contributed by atoms with Gasteiger partial charge in [-0.3, -0.25) is 10.2 Å². The zero-order valence-corrected chi connectivity index (χ0v) is 10.3. The van der Waals surface area contributed by atoms with Gasteiger partial charge in [-0.2, -0.15) is 11.8 Å². The molecule has 1 aliphatic heterocycles. The molecule has 17 heavy (non-hydrogen) atoms. The molecule has 1 unspecified atom stereocenters. The van der Waals surface area contributed by atoms with Crippen LogP contribution in [-0.4, -0.2) is 24.4 Å². The van der Waals surface area contributed by atoms with E-state index in [1.807, 2.05) is 5.43 Å². The zero-order chi connectivity index (χ0) is 12.1. The Bertz CT molecular complexity index is 375. The Kier molecular flexibility index (Phi) is 4.47. The lowest BCUT2D eigenvalue weighted by Crippen LogP contribution is -2.29. The van der Waals surface area contributed by atoms with E-state index in [9.17, 15) is 4.79 Å². The molecule has 1 atom stereocenters. The van der Waals surface area contributed by atoms with Crippen LogP contribution in [0.2, 0.25) is 0 Å². The molecule has 0 aliphatic carbocycles. The van der Waals surface area contributed by atoms with Crippen molar-refractivity contribution in [2.24, 2.45) is 5.84 Å². The van der Waals surface area contributed by atoms with Gasteiger partial charge < -0.3 is 9.15 Å². The number of furan rings is 1. The van der Waals surface area contributed by atoms with Gasteiger partial charge in [-0.05, 0) is 25.0 Å². The summed E-state index contributed by atoms with van der Waals surface area (Å²) in [7, 11) is 0. The highest BCUT2D eigenvalue weighted by Gasteiger charge is 2.15.